The lowest BCUT2D eigenvalue weighted by Crippen LogP contribution is -2.18. The number of fused-ring (bicyclic) bond motifs is 1. The van der Waals surface area contributed by atoms with Crippen molar-refractivity contribution in [1.29, 1.82) is 0 Å². The molecule has 2 heteroatoms. The van der Waals surface area contributed by atoms with Gasteiger partial charge in [0.2, 0.25) is 0 Å². The summed E-state index contributed by atoms with van der Waals surface area (Å²) in [5.74, 6) is 2.47. The average molecular weight is 206 g/mol. The van der Waals surface area contributed by atoms with Gasteiger partial charge in [-0.05, 0) is 31.3 Å². The summed E-state index contributed by atoms with van der Waals surface area (Å²) in [5.41, 5.74) is 1.80. The van der Waals surface area contributed by atoms with E-state index in [4.69, 9.17) is 9.47 Å². The Morgan fingerprint density at radius 3 is 3.07 bits per heavy atom. The fourth-order valence-corrected chi connectivity index (χ4v) is 3.55. The van der Waals surface area contributed by atoms with Crippen LogP contribution in [0.15, 0.2) is 24.0 Å². The summed E-state index contributed by atoms with van der Waals surface area (Å²) in [6.45, 7) is 8.73. The van der Waals surface area contributed by atoms with Gasteiger partial charge in [-0.25, -0.2) is 0 Å². The molecule has 3 aliphatic rings. The van der Waals surface area contributed by atoms with Gasteiger partial charge in [0.25, 0.3) is 0 Å². The largest absolute Gasteiger partial charge is 0.498 e. The van der Waals surface area contributed by atoms with E-state index in [0.29, 0.717) is 11.8 Å². The molecule has 15 heavy (non-hydrogen) atoms. The maximum Gasteiger partial charge on any atom is 0.0927 e. The van der Waals surface area contributed by atoms with E-state index in [1.807, 2.05) is 0 Å². The predicted octanol–water partition coefficient (Wildman–Crippen LogP) is 2.52. The molecule has 1 unspecified atom stereocenters. The van der Waals surface area contributed by atoms with Crippen LogP contribution in [0.5, 0.6) is 0 Å². The molecule has 1 saturated carbocycles. The lowest BCUT2D eigenvalue weighted by atomic mass is 9.87. The third-order valence-corrected chi connectivity index (χ3v) is 4.35. The van der Waals surface area contributed by atoms with Gasteiger partial charge < -0.3 is 9.47 Å². The maximum absolute atomic E-state index is 5.68. The lowest BCUT2D eigenvalue weighted by Gasteiger charge is -2.25. The maximum atomic E-state index is 5.68. The van der Waals surface area contributed by atoms with Crippen LogP contribution in [0, 0.1) is 17.3 Å². The minimum absolute atomic E-state index is 0.284. The van der Waals surface area contributed by atoms with E-state index in [0.717, 1.165) is 32.0 Å². The fraction of sp³-hybridized carbons (Fsp3) is 0.692. The SMILES string of the molecule is C=C[C@@H]1[C@H]2COCC12C1=C(C)OCCC1. The second-order valence-electron chi connectivity index (χ2n) is 4.91. The van der Waals surface area contributed by atoms with Crippen molar-refractivity contribution in [2.45, 2.75) is 19.8 Å². The van der Waals surface area contributed by atoms with Gasteiger partial charge in [-0.1, -0.05) is 6.08 Å². The van der Waals surface area contributed by atoms with Crippen molar-refractivity contribution in [2.24, 2.45) is 17.3 Å². The highest BCUT2D eigenvalue weighted by Crippen LogP contribution is 2.68. The van der Waals surface area contributed by atoms with Gasteiger partial charge in [0, 0.05) is 11.3 Å². The summed E-state index contributed by atoms with van der Waals surface area (Å²) in [5, 5.41) is 0. The van der Waals surface area contributed by atoms with Crippen LogP contribution < -0.4 is 0 Å². The Hall–Kier alpha value is -0.760. The molecule has 0 aromatic heterocycles. The van der Waals surface area contributed by atoms with Gasteiger partial charge in [0.15, 0.2) is 0 Å². The first-order valence-electron chi connectivity index (χ1n) is 5.84. The molecule has 0 bridgehead atoms. The smallest absolute Gasteiger partial charge is 0.0927 e. The second-order valence-corrected chi connectivity index (χ2v) is 4.91. The molecule has 0 aromatic rings. The summed E-state index contributed by atoms with van der Waals surface area (Å²) in [7, 11) is 0. The minimum Gasteiger partial charge on any atom is -0.498 e. The Morgan fingerprint density at radius 2 is 2.40 bits per heavy atom. The number of hydrogen-bond donors (Lipinski definition) is 0. The van der Waals surface area contributed by atoms with Crippen LogP contribution in [0.4, 0.5) is 0 Å². The highest BCUT2D eigenvalue weighted by molar-refractivity contribution is 5.36. The quantitative estimate of drug-likeness (QED) is 0.646. The lowest BCUT2D eigenvalue weighted by molar-refractivity contribution is 0.133. The average Bonchev–Trinajstić information content (AvgIpc) is 2.65. The van der Waals surface area contributed by atoms with Crippen LogP contribution in [-0.2, 0) is 9.47 Å². The Kier molecular flexibility index (Phi) is 1.96. The van der Waals surface area contributed by atoms with E-state index in [1.165, 1.54) is 12.0 Å². The van der Waals surface area contributed by atoms with Gasteiger partial charge in [-0.2, -0.15) is 0 Å². The van der Waals surface area contributed by atoms with Crippen molar-refractivity contribution >= 4 is 0 Å². The van der Waals surface area contributed by atoms with Crippen LogP contribution in [0.1, 0.15) is 19.8 Å². The zero-order chi connectivity index (χ0) is 10.5. The van der Waals surface area contributed by atoms with Crippen molar-refractivity contribution < 1.29 is 9.47 Å². The third-order valence-electron chi connectivity index (χ3n) is 4.35. The van der Waals surface area contributed by atoms with E-state index in [-0.39, 0.29) is 5.41 Å². The summed E-state index contributed by atoms with van der Waals surface area (Å²) in [6, 6.07) is 0. The van der Waals surface area contributed by atoms with E-state index >= 15 is 0 Å². The number of rotatable bonds is 2. The number of allylic oxidation sites excluding steroid dienone is 2. The summed E-state index contributed by atoms with van der Waals surface area (Å²) in [6.07, 6.45) is 4.46. The first-order valence-corrected chi connectivity index (χ1v) is 5.84. The third kappa shape index (κ3) is 1.09. The van der Waals surface area contributed by atoms with Crippen molar-refractivity contribution in [1.82, 2.24) is 0 Å². The molecule has 2 nitrogen and oxygen atoms in total. The van der Waals surface area contributed by atoms with Crippen LogP contribution in [0.2, 0.25) is 0 Å². The molecule has 2 heterocycles. The van der Waals surface area contributed by atoms with E-state index in [1.54, 1.807) is 0 Å². The number of ether oxygens (including phenoxy) is 2. The monoisotopic (exact) mass is 206 g/mol. The highest BCUT2D eigenvalue weighted by atomic mass is 16.5. The molecule has 3 rings (SSSR count). The molecule has 0 amide bonds. The molecule has 0 aromatic carbocycles. The normalized spacial score (nSPS) is 43.5. The fourth-order valence-electron chi connectivity index (χ4n) is 3.55. The van der Waals surface area contributed by atoms with Gasteiger partial charge in [0.05, 0.1) is 25.6 Å². The molecule has 2 aliphatic heterocycles. The minimum atomic E-state index is 0.284. The topological polar surface area (TPSA) is 18.5 Å². The van der Waals surface area contributed by atoms with Gasteiger partial charge in [-0.15, -0.1) is 6.58 Å². The predicted molar refractivity (Wildman–Crippen MR) is 58.3 cm³/mol. The van der Waals surface area contributed by atoms with E-state index < -0.39 is 0 Å². The van der Waals surface area contributed by atoms with Gasteiger partial charge >= 0.3 is 0 Å². The van der Waals surface area contributed by atoms with Gasteiger partial charge in [0.1, 0.15) is 0 Å². The standard InChI is InChI=1S/C13H18O2/c1-3-10-12-7-14-8-13(10,12)11-5-4-6-15-9(11)2/h3,10,12H,1,4-8H2,2H3/t10-,12-,13?/m1/s1. The van der Waals surface area contributed by atoms with Crippen molar-refractivity contribution in [3.63, 3.8) is 0 Å². The molecule has 3 atom stereocenters. The molecule has 0 radical (unpaired) electrons. The van der Waals surface area contributed by atoms with Crippen LogP contribution in [0.3, 0.4) is 0 Å². The molecule has 1 saturated heterocycles. The summed E-state index contributed by atoms with van der Waals surface area (Å²) < 4.78 is 11.3. The molecule has 2 fully saturated rings. The Bertz CT molecular complexity index is 331. The van der Waals surface area contributed by atoms with Crippen LogP contribution >= 0.6 is 0 Å². The molecule has 0 N–H and O–H groups in total. The van der Waals surface area contributed by atoms with Crippen LogP contribution in [-0.4, -0.2) is 19.8 Å². The van der Waals surface area contributed by atoms with Gasteiger partial charge in [-0.3, -0.25) is 0 Å². The van der Waals surface area contributed by atoms with Crippen LogP contribution in [0.25, 0.3) is 0 Å². The Morgan fingerprint density at radius 1 is 1.53 bits per heavy atom. The molecule has 1 aliphatic carbocycles. The first-order chi connectivity index (χ1) is 7.30. The van der Waals surface area contributed by atoms with Crippen molar-refractivity contribution in [3.8, 4) is 0 Å². The molecular formula is C13H18O2. The number of hydrogen-bond acceptors (Lipinski definition) is 2. The highest BCUT2D eigenvalue weighted by Gasteiger charge is 2.68. The molecule has 0 spiro atoms. The Balaban J connectivity index is 1.96. The zero-order valence-electron chi connectivity index (χ0n) is 9.29. The van der Waals surface area contributed by atoms with E-state index in [9.17, 15) is 0 Å². The molecule has 82 valence electrons. The second kappa shape index (κ2) is 3.11. The summed E-state index contributed by atoms with van der Waals surface area (Å²) >= 11 is 0. The van der Waals surface area contributed by atoms with Crippen molar-refractivity contribution in [2.75, 3.05) is 19.8 Å². The Labute approximate surface area is 90.9 Å². The van der Waals surface area contributed by atoms with Crippen molar-refractivity contribution in [3.05, 3.63) is 24.0 Å². The zero-order valence-corrected chi connectivity index (χ0v) is 9.29. The van der Waals surface area contributed by atoms with E-state index in [2.05, 4.69) is 19.6 Å². The summed E-state index contributed by atoms with van der Waals surface area (Å²) in [4.78, 5) is 0. The first kappa shape index (κ1) is 9.46. The molecular weight excluding hydrogens is 188 g/mol.